The van der Waals surface area contributed by atoms with Crippen molar-refractivity contribution in [3.63, 3.8) is 0 Å². The largest absolute Gasteiger partial charge is 0.383 e. The Morgan fingerprint density at radius 1 is 1.25 bits per heavy atom. The van der Waals surface area contributed by atoms with Crippen LogP contribution in [0, 0.1) is 0 Å². The summed E-state index contributed by atoms with van der Waals surface area (Å²) in [5, 5.41) is 6.53. The molecule has 0 saturated carbocycles. The second kappa shape index (κ2) is 7.06. The molecular weight excluding hydrogens is 276 g/mol. The van der Waals surface area contributed by atoms with Gasteiger partial charge >= 0.3 is 0 Å². The molecule has 5 nitrogen and oxygen atoms in total. The van der Waals surface area contributed by atoms with Crippen LogP contribution in [0.25, 0.3) is 0 Å². The molecule has 20 heavy (non-hydrogen) atoms. The second-order valence-corrected chi connectivity index (χ2v) is 7.06. The molecule has 1 aliphatic heterocycles. The summed E-state index contributed by atoms with van der Waals surface area (Å²) in [5.74, 6) is 0. The van der Waals surface area contributed by atoms with Gasteiger partial charge in [0.15, 0.2) is 9.84 Å². The van der Waals surface area contributed by atoms with E-state index in [1.54, 1.807) is 24.3 Å². The van der Waals surface area contributed by atoms with Gasteiger partial charge in [-0.05, 0) is 50.2 Å². The predicted molar refractivity (Wildman–Crippen MR) is 79.9 cm³/mol. The molecule has 2 rings (SSSR count). The fourth-order valence-electron chi connectivity index (χ4n) is 2.20. The van der Waals surface area contributed by atoms with Crippen LogP contribution in [-0.2, 0) is 14.6 Å². The topological polar surface area (TPSA) is 67.4 Å². The summed E-state index contributed by atoms with van der Waals surface area (Å²) in [7, 11) is -3.12. The molecule has 0 amide bonds. The van der Waals surface area contributed by atoms with Crippen molar-refractivity contribution < 1.29 is 13.2 Å². The Labute approximate surface area is 120 Å². The molecular formula is C14H22N2O3S. The van der Waals surface area contributed by atoms with Crippen LogP contribution in [0.3, 0.4) is 0 Å². The average Bonchev–Trinajstić information content (AvgIpc) is 2.44. The average molecular weight is 298 g/mol. The minimum atomic E-state index is -3.12. The van der Waals surface area contributed by atoms with Crippen molar-refractivity contribution in [3.8, 4) is 0 Å². The SMILES string of the molecule is CS(=O)(=O)c1ccc(NCCOC2CCNCC2)cc1. The van der Waals surface area contributed by atoms with Gasteiger partial charge in [0.1, 0.15) is 0 Å². The summed E-state index contributed by atoms with van der Waals surface area (Å²) in [4.78, 5) is 0.342. The van der Waals surface area contributed by atoms with Crippen LogP contribution in [0.1, 0.15) is 12.8 Å². The number of benzene rings is 1. The van der Waals surface area contributed by atoms with E-state index in [1.165, 1.54) is 6.26 Å². The molecule has 6 heteroatoms. The summed E-state index contributed by atoms with van der Waals surface area (Å²) in [6.45, 7) is 3.46. The molecule has 1 aliphatic rings. The first-order chi connectivity index (χ1) is 9.55. The minimum absolute atomic E-state index is 0.342. The number of anilines is 1. The quantitative estimate of drug-likeness (QED) is 0.774. The van der Waals surface area contributed by atoms with E-state index in [9.17, 15) is 8.42 Å². The lowest BCUT2D eigenvalue weighted by Gasteiger charge is -2.23. The molecule has 1 aromatic carbocycles. The molecule has 0 spiro atoms. The van der Waals surface area contributed by atoms with Gasteiger partial charge in [0.25, 0.3) is 0 Å². The number of hydrogen-bond acceptors (Lipinski definition) is 5. The number of piperidine rings is 1. The Bertz CT molecular complexity index is 508. The summed E-state index contributed by atoms with van der Waals surface area (Å²) >= 11 is 0. The monoisotopic (exact) mass is 298 g/mol. The van der Waals surface area contributed by atoms with Gasteiger partial charge < -0.3 is 15.4 Å². The minimum Gasteiger partial charge on any atom is -0.383 e. The van der Waals surface area contributed by atoms with E-state index in [0.717, 1.165) is 38.2 Å². The zero-order chi connectivity index (χ0) is 14.4. The highest BCUT2D eigenvalue weighted by atomic mass is 32.2. The van der Waals surface area contributed by atoms with E-state index >= 15 is 0 Å². The van der Waals surface area contributed by atoms with Crippen molar-refractivity contribution in [2.75, 3.05) is 37.8 Å². The highest BCUT2D eigenvalue weighted by Crippen LogP contribution is 2.13. The molecule has 1 heterocycles. The molecule has 0 bridgehead atoms. The Morgan fingerprint density at radius 3 is 2.50 bits per heavy atom. The molecule has 0 unspecified atom stereocenters. The predicted octanol–water partition coefficient (Wildman–Crippen LogP) is 1.27. The van der Waals surface area contributed by atoms with E-state index < -0.39 is 9.84 Å². The standard InChI is InChI=1S/C14H22N2O3S/c1-20(17,18)14-4-2-12(3-5-14)16-10-11-19-13-6-8-15-9-7-13/h2-5,13,15-16H,6-11H2,1H3. The smallest absolute Gasteiger partial charge is 0.175 e. The van der Waals surface area contributed by atoms with Crippen LogP contribution in [0.4, 0.5) is 5.69 Å². The fourth-order valence-corrected chi connectivity index (χ4v) is 2.83. The van der Waals surface area contributed by atoms with Crippen molar-refractivity contribution in [3.05, 3.63) is 24.3 Å². The number of nitrogens with one attached hydrogen (secondary N) is 2. The third kappa shape index (κ3) is 4.77. The van der Waals surface area contributed by atoms with E-state index in [-0.39, 0.29) is 0 Å². The molecule has 0 radical (unpaired) electrons. The van der Waals surface area contributed by atoms with Crippen LogP contribution < -0.4 is 10.6 Å². The molecule has 112 valence electrons. The highest BCUT2D eigenvalue weighted by molar-refractivity contribution is 7.90. The number of ether oxygens (including phenoxy) is 1. The maximum absolute atomic E-state index is 11.3. The van der Waals surface area contributed by atoms with Crippen LogP contribution in [0.5, 0.6) is 0 Å². The molecule has 0 atom stereocenters. The fraction of sp³-hybridized carbons (Fsp3) is 0.571. The van der Waals surface area contributed by atoms with Gasteiger partial charge in [-0.2, -0.15) is 0 Å². The molecule has 1 fully saturated rings. The van der Waals surface area contributed by atoms with Crippen molar-refractivity contribution in [2.45, 2.75) is 23.8 Å². The third-order valence-corrected chi connectivity index (χ3v) is 4.48. The van der Waals surface area contributed by atoms with E-state index in [4.69, 9.17) is 4.74 Å². The lowest BCUT2D eigenvalue weighted by Crippen LogP contribution is -2.33. The van der Waals surface area contributed by atoms with Crippen LogP contribution in [0.2, 0.25) is 0 Å². The summed E-state index contributed by atoms with van der Waals surface area (Å²) in [6, 6.07) is 6.79. The third-order valence-electron chi connectivity index (χ3n) is 3.35. The maximum atomic E-state index is 11.3. The molecule has 1 aromatic rings. The van der Waals surface area contributed by atoms with Crippen molar-refractivity contribution in [2.24, 2.45) is 0 Å². The van der Waals surface area contributed by atoms with Gasteiger partial charge in [0.2, 0.25) is 0 Å². The summed E-state index contributed by atoms with van der Waals surface area (Å²) < 4.78 is 28.5. The first-order valence-corrected chi connectivity index (χ1v) is 8.81. The zero-order valence-electron chi connectivity index (χ0n) is 11.8. The molecule has 0 aromatic heterocycles. The summed E-state index contributed by atoms with van der Waals surface area (Å²) in [6.07, 6.45) is 3.72. The molecule has 1 saturated heterocycles. The first-order valence-electron chi connectivity index (χ1n) is 6.92. The van der Waals surface area contributed by atoms with Crippen LogP contribution >= 0.6 is 0 Å². The van der Waals surface area contributed by atoms with Gasteiger partial charge in [0.05, 0.1) is 17.6 Å². The van der Waals surface area contributed by atoms with Crippen LogP contribution in [-0.4, -0.2) is 47.0 Å². The Kier molecular flexibility index (Phi) is 5.39. The van der Waals surface area contributed by atoms with E-state index in [1.807, 2.05) is 0 Å². The molecule has 0 aliphatic carbocycles. The van der Waals surface area contributed by atoms with Crippen molar-refractivity contribution in [1.29, 1.82) is 0 Å². The number of rotatable bonds is 6. The van der Waals surface area contributed by atoms with Gasteiger partial charge in [0, 0.05) is 18.5 Å². The Morgan fingerprint density at radius 2 is 1.90 bits per heavy atom. The Balaban J connectivity index is 1.71. The lowest BCUT2D eigenvalue weighted by atomic mass is 10.1. The highest BCUT2D eigenvalue weighted by Gasteiger charge is 2.12. The van der Waals surface area contributed by atoms with Crippen molar-refractivity contribution in [1.82, 2.24) is 5.32 Å². The van der Waals surface area contributed by atoms with Gasteiger partial charge in [-0.1, -0.05) is 0 Å². The van der Waals surface area contributed by atoms with Gasteiger partial charge in [-0.15, -0.1) is 0 Å². The molecule has 2 N–H and O–H groups in total. The van der Waals surface area contributed by atoms with Gasteiger partial charge in [-0.3, -0.25) is 0 Å². The second-order valence-electron chi connectivity index (χ2n) is 5.04. The summed E-state index contributed by atoms with van der Waals surface area (Å²) in [5.41, 5.74) is 0.909. The maximum Gasteiger partial charge on any atom is 0.175 e. The van der Waals surface area contributed by atoms with Crippen molar-refractivity contribution >= 4 is 15.5 Å². The number of hydrogen-bond donors (Lipinski definition) is 2. The number of sulfone groups is 1. The van der Waals surface area contributed by atoms with E-state index in [2.05, 4.69) is 10.6 Å². The lowest BCUT2D eigenvalue weighted by molar-refractivity contribution is 0.0394. The van der Waals surface area contributed by atoms with E-state index in [0.29, 0.717) is 17.6 Å². The first kappa shape index (κ1) is 15.3. The van der Waals surface area contributed by atoms with Crippen LogP contribution in [0.15, 0.2) is 29.2 Å². The normalized spacial score (nSPS) is 17.1. The zero-order valence-corrected chi connectivity index (χ0v) is 12.6. The Hall–Kier alpha value is -1.11. The van der Waals surface area contributed by atoms with Gasteiger partial charge in [-0.25, -0.2) is 8.42 Å².